The summed E-state index contributed by atoms with van der Waals surface area (Å²) in [7, 11) is 2.03. The van der Waals surface area contributed by atoms with Crippen LogP contribution in [0.5, 0.6) is 0 Å². The maximum Gasteiger partial charge on any atom is 0.211 e. The largest absolute Gasteiger partial charge is 0.318 e. The molecule has 0 aliphatic heterocycles. The van der Waals surface area contributed by atoms with Crippen molar-refractivity contribution in [1.29, 1.82) is 0 Å². The molecule has 4 heteroatoms. The zero-order valence-electron chi connectivity index (χ0n) is 13.3. The van der Waals surface area contributed by atoms with Gasteiger partial charge in [0.2, 0.25) is 4.80 Å². The first-order chi connectivity index (χ1) is 10.6. The van der Waals surface area contributed by atoms with E-state index in [1.54, 1.807) is 11.3 Å². The Morgan fingerprint density at radius 1 is 1.05 bits per heavy atom. The molecule has 0 spiro atoms. The van der Waals surface area contributed by atoms with Crippen molar-refractivity contribution in [1.82, 2.24) is 4.57 Å². The van der Waals surface area contributed by atoms with Crippen LogP contribution in [0.3, 0.4) is 0 Å². The molecule has 0 radical (unpaired) electrons. The molecule has 1 heterocycles. The van der Waals surface area contributed by atoms with Gasteiger partial charge in [0.1, 0.15) is 0 Å². The van der Waals surface area contributed by atoms with Crippen molar-refractivity contribution in [3.8, 4) is 0 Å². The molecule has 22 heavy (non-hydrogen) atoms. The third-order valence-electron chi connectivity index (χ3n) is 3.93. The van der Waals surface area contributed by atoms with Gasteiger partial charge in [0.05, 0.1) is 15.9 Å². The Kier molecular flexibility index (Phi) is 3.94. The fourth-order valence-electron chi connectivity index (χ4n) is 2.32. The fraction of sp³-hybridized carbons (Fsp3) is 0.222. The minimum atomic E-state index is 0.907. The molecule has 3 rings (SSSR count). The first-order valence-corrected chi connectivity index (χ1v) is 8.08. The predicted molar refractivity (Wildman–Crippen MR) is 94.5 cm³/mol. The summed E-state index contributed by atoms with van der Waals surface area (Å²) >= 11 is 1.66. The molecule has 1 aromatic heterocycles. The molecule has 3 aromatic rings. The molecule has 3 nitrogen and oxygen atoms in total. The van der Waals surface area contributed by atoms with E-state index in [1.807, 2.05) is 26.1 Å². The molecule has 0 bridgehead atoms. The van der Waals surface area contributed by atoms with E-state index in [2.05, 4.69) is 58.9 Å². The van der Waals surface area contributed by atoms with Gasteiger partial charge in [-0.1, -0.05) is 35.6 Å². The number of para-hydroxylation sites is 1. The molecule has 0 atom stereocenters. The van der Waals surface area contributed by atoms with E-state index in [0.29, 0.717) is 0 Å². The summed E-state index contributed by atoms with van der Waals surface area (Å²) in [4.78, 5) is 0.907. The summed E-state index contributed by atoms with van der Waals surface area (Å²) in [6.45, 7) is 6.24. The zero-order valence-corrected chi connectivity index (χ0v) is 14.1. The summed E-state index contributed by atoms with van der Waals surface area (Å²) < 4.78 is 3.31. The molecule has 0 aliphatic carbocycles. The average Bonchev–Trinajstić information content (AvgIpc) is 2.84. The summed E-state index contributed by atoms with van der Waals surface area (Å²) in [5, 5.41) is 8.86. The van der Waals surface area contributed by atoms with Crippen molar-refractivity contribution in [2.45, 2.75) is 20.8 Å². The molecule has 2 aromatic carbocycles. The zero-order chi connectivity index (χ0) is 15.7. The van der Waals surface area contributed by atoms with Crippen LogP contribution in [0.1, 0.15) is 23.6 Å². The second kappa shape index (κ2) is 5.89. The molecule has 0 N–H and O–H groups in total. The van der Waals surface area contributed by atoms with Gasteiger partial charge in [-0.25, -0.2) is 0 Å². The van der Waals surface area contributed by atoms with Crippen molar-refractivity contribution in [3.05, 3.63) is 64.0 Å². The SMILES string of the molecule is C/C(=N\N=c1/sc2ccccc2n1C)c1ccc(C)c(C)c1. The van der Waals surface area contributed by atoms with Crippen LogP contribution in [0.2, 0.25) is 0 Å². The topological polar surface area (TPSA) is 29.6 Å². The van der Waals surface area contributed by atoms with E-state index in [-0.39, 0.29) is 0 Å². The van der Waals surface area contributed by atoms with E-state index in [1.165, 1.54) is 21.3 Å². The minimum Gasteiger partial charge on any atom is -0.318 e. The molecule has 0 fully saturated rings. The molecular formula is C18H19N3S. The highest BCUT2D eigenvalue weighted by molar-refractivity contribution is 7.16. The van der Waals surface area contributed by atoms with Crippen LogP contribution in [0.4, 0.5) is 0 Å². The molecule has 0 saturated carbocycles. The van der Waals surface area contributed by atoms with E-state index < -0.39 is 0 Å². The third-order valence-corrected chi connectivity index (χ3v) is 5.03. The molecule has 112 valence electrons. The lowest BCUT2D eigenvalue weighted by atomic mass is 10.0. The number of nitrogens with zero attached hydrogens (tertiary/aromatic N) is 3. The van der Waals surface area contributed by atoms with E-state index in [4.69, 9.17) is 0 Å². The number of thiazole rings is 1. The Morgan fingerprint density at radius 2 is 1.82 bits per heavy atom. The summed E-state index contributed by atoms with van der Waals surface area (Å²) in [5.74, 6) is 0. The molecule has 0 saturated heterocycles. The van der Waals surface area contributed by atoms with Gasteiger partial charge >= 0.3 is 0 Å². The van der Waals surface area contributed by atoms with Crippen LogP contribution in [-0.4, -0.2) is 10.3 Å². The van der Waals surface area contributed by atoms with Gasteiger partial charge < -0.3 is 4.57 Å². The monoisotopic (exact) mass is 309 g/mol. The Labute approximate surface area is 134 Å². The highest BCUT2D eigenvalue weighted by Crippen LogP contribution is 2.15. The van der Waals surface area contributed by atoms with Gasteiger partial charge in [-0.2, -0.15) is 5.10 Å². The first-order valence-electron chi connectivity index (χ1n) is 7.27. The normalized spacial score (nSPS) is 13.1. The lowest BCUT2D eigenvalue weighted by molar-refractivity contribution is 0.888. The minimum absolute atomic E-state index is 0.907. The quantitative estimate of drug-likeness (QED) is 0.502. The van der Waals surface area contributed by atoms with Crippen LogP contribution < -0.4 is 4.80 Å². The molecule has 0 amide bonds. The van der Waals surface area contributed by atoms with E-state index in [9.17, 15) is 0 Å². The lowest BCUT2D eigenvalue weighted by Gasteiger charge is -2.03. The maximum absolute atomic E-state index is 4.44. The molecular weight excluding hydrogens is 290 g/mol. The van der Waals surface area contributed by atoms with Gasteiger partial charge in [-0.05, 0) is 55.7 Å². The van der Waals surface area contributed by atoms with Gasteiger partial charge in [0, 0.05) is 7.05 Å². The van der Waals surface area contributed by atoms with Gasteiger partial charge in [0.15, 0.2) is 0 Å². The standard InChI is InChI=1S/C18H19N3S/c1-12-9-10-15(11-13(12)2)14(3)19-20-18-21(4)16-7-5-6-8-17(16)22-18/h5-11H,1-4H3/b19-14+,20-18-. The van der Waals surface area contributed by atoms with Gasteiger partial charge in [0.25, 0.3) is 0 Å². The number of hydrogen-bond donors (Lipinski definition) is 0. The smallest absolute Gasteiger partial charge is 0.211 e. The second-order valence-corrected chi connectivity index (χ2v) is 6.50. The number of rotatable bonds is 2. The number of aromatic nitrogens is 1. The third kappa shape index (κ3) is 2.74. The summed E-state index contributed by atoms with van der Waals surface area (Å²) in [6.07, 6.45) is 0. The van der Waals surface area contributed by atoms with Crippen LogP contribution in [-0.2, 0) is 7.05 Å². The van der Waals surface area contributed by atoms with Gasteiger partial charge in [-0.3, -0.25) is 0 Å². The van der Waals surface area contributed by atoms with Crippen molar-refractivity contribution < 1.29 is 0 Å². The Hall–Kier alpha value is -2.20. The van der Waals surface area contributed by atoms with Gasteiger partial charge in [-0.15, -0.1) is 5.10 Å². The second-order valence-electron chi connectivity index (χ2n) is 5.50. The van der Waals surface area contributed by atoms with Crippen molar-refractivity contribution in [2.24, 2.45) is 17.3 Å². The van der Waals surface area contributed by atoms with E-state index >= 15 is 0 Å². The molecule has 0 unspecified atom stereocenters. The Bertz CT molecular complexity index is 929. The van der Waals surface area contributed by atoms with E-state index in [0.717, 1.165) is 16.1 Å². The number of benzene rings is 2. The summed E-state index contributed by atoms with van der Waals surface area (Å²) in [5.41, 5.74) is 5.81. The van der Waals surface area contributed by atoms with Crippen molar-refractivity contribution in [2.75, 3.05) is 0 Å². The van der Waals surface area contributed by atoms with Crippen LogP contribution in [0.15, 0.2) is 52.7 Å². The van der Waals surface area contributed by atoms with Crippen LogP contribution >= 0.6 is 11.3 Å². The molecule has 0 aliphatic rings. The van der Waals surface area contributed by atoms with Crippen molar-refractivity contribution in [3.63, 3.8) is 0 Å². The number of fused-ring (bicyclic) bond motifs is 1. The Balaban J connectivity index is 2.03. The fourth-order valence-corrected chi connectivity index (χ4v) is 3.29. The first kappa shape index (κ1) is 14.7. The van der Waals surface area contributed by atoms with Crippen molar-refractivity contribution >= 4 is 27.3 Å². The number of hydrogen-bond acceptors (Lipinski definition) is 3. The maximum atomic E-state index is 4.44. The number of aryl methyl sites for hydroxylation is 3. The summed E-state index contributed by atoms with van der Waals surface area (Å²) in [6, 6.07) is 14.7. The lowest BCUT2D eigenvalue weighted by Crippen LogP contribution is -2.09. The Morgan fingerprint density at radius 3 is 2.55 bits per heavy atom. The van der Waals surface area contributed by atoms with Crippen LogP contribution in [0.25, 0.3) is 10.2 Å². The predicted octanol–water partition coefficient (Wildman–Crippen LogP) is 4.18. The average molecular weight is 309 g/mol. The highest BCUT2D eigenvalue weighted by Gasteiger charge is 2.02. The highest BCUT2D eigenvalue weighted by atomic mass is 32.1. The van der Waals surface area contributed by atoms with Crippen LogP contribution in [0, 0.1) is 13.8 Å².